The van der Waals surface area contributed by atoms with Gasteiger partial charge in [0.1, 0.15) is 5.82 Å². The Kier molecular flexibility index (Phi) is 3.85. The van der Waals surface area contributed by atoms with E-state index < -0.39 is 0 Å². The van der Waals surface area contributed by atoms with Gasteiger partial charge in [-0.2, -0.15) is 0 Å². The number of pyridine rings is 1. The van der Waals surface area contributed by atoms with E-state index in [4.69, 9.17) is 0 Å². The average Bonchev–Trinajstić information content (AvgIpc) is 2.27. The molecule has 0 spiro atoms. The molecule has 0 aromatic carbocycles. The number of hydrogen-bond acceptors (Lipinski definition) is 2. The van der Waals surface area contributed by atoms with Crippen molar-refractivity contribution in [3.05, 3.63) is 23.9 Å². The maximum absolute atomic E-state index is 4.54. The van der Waals surface area contributed by atoms with E-state index in [0.29, 0.717) is 0 Å². The van der Waals surface area contributed by atoms with Crippen molar-refractivity contribution in [3.63, 3.8) is 0 Å². The summed E-state index contributed by atoms with van der Waals surface area (Å²) in [5.74, 6) is 2.71. The zero-order chi connectivity index (χ0) is 11.5. The third-order valence-corrected chi connectivity index (χ3v) is 3.78. The molecule has 16 heavy (non-hydrogen) atoms. The summed E-state index contributed by atoms with van der Waals surface area (Å²) in [5, 5.41) is 0.884. The van der Waals surface area contributed by atoms with Crippen molar-refractivity contribution in [1.29, 1.82) is 0 Å². The molecule has 1 fully saturated rings. The number of halogens is 1. The summed E-state index contributed by atoms with van der Waals surface area (Å²) in [6.45, 7) is 6.95. The van der Waals surface area contributed by atoms with Crippen LogP contribution in [0.4, 0.5) is 5.82 Å². The van der Waals surface area contributed by atoms with Crippen LogP contribution in [0.25, 0.3) is 0 Å². The summed E-state index contributed by atoms with van der Waals surface area (Å²) in [7, 11) is 0. The molecule has 0 aliphatic carbocycles. The minimum Gasteiger partial charge on any atom is -0.356 e. The highest BCUT2D eigenvalue weighted by molar-refractivity contribution is 9.08. The van der Waals surface area contributed by atoms with Crippen LogP contribution in [0.15, 0.2) is 18.3 Å². The number of alkyl halides is 1. The SMILES string of the molecule is CC1CC(C)CN(c2ncccc2CBr)C1. The number of piperidine rings is 1. The van der Waals surface area contributed by atoms with Crippen LogP contribution >= 0.6 is 15.9 Å². The molecular weight excluding hydrogens is 264 g/mol. The van der Waals surface area contributed by atoms with Gasteiger partial charge in [-0.25, -0.2) is 4.98 Å². The van der Waals surface area contributed by atoms with Crippen LogP contribution in [0.5, 0.6) is 0 Å². The highest BCUT2D eigenvalue weighted by Crippen LogP contribution is 2.27. The number of nitrogens with zero attached hydrogens (tertiary/aromatic N) is 2. The maximum Gasteiger partial charge on any atom is 0.132 e. The zero-order valence-corrected chi connectivity index (χ0v) is 11.6. The highest BCUT2D eigenvalue weighted by atomic mass is 79.9. The summed E-state index contributed by atoms with van der Waals surface area (Å²) < 4.78 is 0. The van der Waals surface area contributed by atoms with Gasteiger partial charge in [-0.15, -0.1) is 0 Å². The van der Waals surface area contributed by atoms with Gasteiger partial charge < -0.3 is 4.90 Å². The van der Waals surface area contributed by atoms with E-state index >= 15 is 0 Å². The summed E-state index contributed by atoms with van der Waals surface area (Å²) >= 11 is 3.54. The van der Waals surface area contributed by atoms with Crippen molar-refractivity contribution in [2.45, 2.75) is 25.6 Å². The zero-order valence-electron chi connectivity index (χ0n) is 9.99. The Bertz CT molecular complexity index is 344. The van der Waals surface area contributed by atoms with E-state index in [1.165, 1.54) is 12.0 Å². The third-order valence-electron chi connectivity index (χ3n) is 3.18. The predicted octanol–water partition coefficient (Wildman–Crippen LogP) is 3.46. The van der Waals surface area contributed by atoms with Crippen molar-refractivity contribution in [2.75, 3.05) is 18.0 Å². The summed E-state index contributed by atoms with van der Waals surface area (Å²) in [6.07, 6.45) is 3.23. The molecule has 0 amide bonds. The van der Waals surface area contributed by atoms with Crippen LogP contribution in [0, 0.1) is 11.8 Å². The first-order chi connectivity index (χ1) is 7.70. The normalized spacial score (nSPS) is 25.8. The number of rotatable bonds is 2. The largest absolute Gasteiger partial charge is 0.356 e. The molecule has 3 heteroatoms. The van der Waals surface area contributed by atoms with E-state index in [-0.39, 0.29) is 0 Å². The Labute approximate surface area is 106 Å². The van der Waals surface area contributed by atoms with Gasteiger partial charge in [-0.3, -0.25) is 0 Å². The quantitative estimate of drug-likeness (QED) is 0.773. The van der Waals surface area contributed by atoms with Crippen LogP contribution in [0.1, 0.15) is 25.8 Å². The second-order valence-corrected chi connectivity index (χ2v) is 5.53. The fourth-order valence-electron chi connectivity index (χ4n) is 2.66. The van der Waals surface area contributed by atoms with Crippen LogP contribution in [0.3, 0.4) is 0 Å². The van der Waals surface area contributed by atoms with Crippen LogP contribution in [-0.4, -0.2) is 18.1 Å². The second-order valence-electron chi connectivity index (χ2n) is 4.97. The fraction of sp³-hybridized carbons (Fsp3) is 0.615. The summed E-state index contributed by atoms with van der Waals surface area (Å²) in [4.78, 5) is 6.98. The first-order valence-corrected chi connectivity index (χ1v) is 7.07. The molecule has 0 saturated carbocycles. The molecule has 0 bridgehead atoms. The molecular formula is C13H19BrN2. The average molecular weight is 283 g/mol. The Morgan fingerprint density at radius 1 is 1.38 bits per heavy atom. The van der Waals surface area contributed by atoms with E-state index in [1.54, 1.807) is 0 Å². The van der Waals surface area contributed by atoms with Crippen LogP contribution < -0.4 is 4.90 Å². The molecule has 88 valence electrons. The van der Waals surface area contributed by atoms with Crippen LogP contribution in [-0.2, 0) is 5.33 Å². The molecule has 1 aromatic rings. The monoisotopic (exact) mass is 282 g/mol. The topological polar surface area (TPSA) is 16.1 Å². The van der Waals surface area contributed by atoms with E-state index in [0.717, 1.165) is 36.1 Å². The van der Waals surface area contributed by atoms with Crippen molar-refractivity contribution >= 4 is 21.7 Å². The molecule has 2 rings (SSSR count). The number of aromatic nitrogens is 1. The van der Waals surface area contributed by atoms with Gasteiger partial charge >= 0.3 is 0 Å². The third kappa shape index (κ3) is 2.57. The minimum absolute atomic E-state index is 0.772. The summed E-state index contributed by atoms with van der Waals surface area (Å²) in [5.41, 5.74) is 1.30. The van der Waals surface area contributed by atoms with Gasteiger partial charge in [-0.05, 0) is 24.3 Å². The van der Waals surface area contributed by atoms with Gasteiger partial charge in [0.25, 0.3) is 0 Å². The molecule has 2 atom stereocenters. The van der Waals surface area contributed by atoms with Gasteiger partial charge in [0.05, 0.1) is 0 Å². The van der Waals surface area contributed by atoms with E-state index in [2.05, 4.69) is 45.7 Å². The smallest absolute Gasteiger partial charge is 0.132 e. The van der Waals surface area contributed by atoms with Crippen LogP contribution in [0.2, 0.25) is 0 Å². The summed E-state index contributed by atoms with van der Waals surface area (Å²) in [6, 6.07) is 4.16. The van der Waals surface area contributed by atoms with E-state index in [1.807, 2.05) is 12.3 Å². The van der Waals surface area contributed by atoms with Crippen molar-refractivity contribution in [2.24, 2.45) is 11.8 Å². The Hall–Kier alpha value is -0.570. The molecule has 2 unspecified atom stereocenters. The lowest BCUT2D eigenvalue weighted by Gasteiger charge is -2.36. The molecule has 2 nitrogen and oxygen atoms in total. The molecule has 1 aromatic heterocycles. The lowest BCUT2D eigenvalue weighted by atomic mass is 9.92. The predicted molar refractivity (Wildman–Crippen MR) is 72.0 cm³/mol. The van der Waals surface area contributed by atoms with Crippen molar-refractivity contribution in [3.8, 4) is 0 Å². The first-order valence-electron chi connectivity index (χ1n) is 5.95. The van der Waals surface area contributed by atoms with Crippen molar-refractivity contribution < 1.29 is 0 Å². The second kappa shape index (κ2) is 5.17. The van der Waals surface area contributed by atoms with E-state index in [9.17, 15) is 0 Å². The lowest BCUT2D eigenvalue weighted by molar-refractivity contribution is 0.355. The maximum atomic E-state index is 4.54. The Morgan fingerprint density at radius 2 is 2.06 bits per heavy atom. The molecule has 1 aliphatic heterocycles. The van der Waals surface area contributed by atoms with Crippen molar-refractivity contribution in [1.82, 2.24) is 4.98 Å². The molecule has 2 heterocycles. The number of anilines is 1. The highest BCUT2D eigenvalue weighted by Gasteiger charge is 2.23. The Morgan fingerprint density at radius 3 is 2.69 bits per heavy atom. The molecule has 0 radical (unpaired) electrons. The molecule has 0 N–H and O–H groups in total. The minimum atomic E-state index is 0.772. The fourth-order valence-corrected chi connectivity index (χ4v) is 3.09. The number of hydrogen-bond donors (Lipinski definition) is 0. The van der Waals surface area contributed by atoms with Gasteiger partial charge in [0.15, 0.2) is 0 Å². The lowest BCUT2D eigenvalue weighted by Crippen LogP contribution is -2.39. The molecule has 1 aliphatic rings. The van der Waals surface area contributed by atoms with Gasteiger partial charge in [0.2, 0.25) is 0 Å². The Balaban J connectivity index is 2.22. The van der Waals surface area contributed by atoms with Gasteiger partial charge in [0, 0.05) is 30.2 Å². The standard InChI is InChI=1S/C13H19BrN2/c1-10-6-11(2)9-16(8-10)13-12(7-14)4-3-5-15-13/h3-5,10-11H,6-9H2,1-2H3. The first kappa shape index (κ1) is 11.9. The van der Waals surface area contributed by atoms with Gasteiger partial charge in [-0.1, -0.05) is 35.8 Å². The molecule has 1 saturated heterocycles.